The lowest BCUT2D eigenvalue weighted by molar-refractivity contribution is -0.116. The van der Waals surface area contributed by atoms with E-state index in [4.69, 9.17) is 5.14 Å². The lowest BCUT2D eigenvalue weighted by Crippen LogP contribution is -2.19. The molecule has 0 spiro atoms. The molecule has 0 bridgehead atoms. The van der Waals surface area contributed by atoms with Crippen molar-refractivity contribution in [3.05, 3.63) is 36.9 Å². The van der Waals surface area contributed by atoms with Gasteiger partial charge in [-0.05, 0) is 18.2 Å². The molecule has 0 fully saturated rings. The zero-order valence-corrected chi connectivity index (χ0v) is 16.0. The summed E-state index contributed by atoms with van der Waals surface area (Å²) < 4.78 is 24.4. The monoisotopic (exact) mass is 402 g/mol. The summed E-state index contributed by atoms with van der Waals surface area (Å²) in [6.45, 7) is -0.0794. The minimum atomic E-state index is -3.86. The summed E-state index contributed by atoms with van der Waals surface area (Å²) in [6.07, 6.45) is 4.40. The molecule has 3 rings (SSSR count). The molecular weight excluding hydrogens is 384 g/mol. The Kier molecular flexibility index (Phi) is 5.33. The quantitative estimate of drug-likeness (QED) is 0.446. The Bertz CT molecular complexity index is 1150. The van der Waals surface area contributed by atoms with E-state index in [1.165, 1.54) is 30.9 Å². The van der Waals surface area contributed by atoms with Crippen LogP contribution in [0.2, 0.25) is 0 Å². The number of nitrogens with zero attached hydrogens (tertiary/aromatic N) is 6. The Labute approximate surface area is 161 Å². The average Bonchev–Trinajstić information content (AvgIpc) is 3.03. The third kappa shape index (κ3) is 4.47. The standard InChI is InChI=1S/C16H18N8O3S/c1-23(2)9-21-15-14-16(19-8-18-15)24(10-20-14)7-13(25)22-11-4-3-5-12(6-11)28(17,26)27/h3-6,8-10H,7H2,1-2H3,(H,22,25)(H2,17,26,27). The van der Waals surface area contributed by atoms with Gasteiger partial charge < -0.3 is 14.8 Å². The predicted molar refractivity (Wildman–Crippen MR) is 104 cm³/mol. The fourth-order valence-electron chi connectivity index (χ4n) is 2.35. The number of carbonyl (C=O) groups is 1. The number of sulfonamides is 1. The van der Waals surface area contributed by atoms with Crippen LogP contribution in [0.15, 0.2) is 46.8 Å². The zero-order valence-electron chi connectivity index (χ0n) is 15.1. The third-order valence-corrected chi connectivity index (χ3v) is 4.46. The van der Waals surface area contributed by atoms with Gasteiger partial charge in [0.25, 0.3) is 0 Å². The van der Waals surface area contributed by atoms with Crippen molar-refractivity contribution in [1.29, 1.82) is 0 Å². The van der Waals surface area contributed by atoms with Crippen molar-refractivity contribution >= 4 is 44.9 Å². The number of imidazole rings is 1. The summed E-state index contributed by atoms with van der Waals surface area (Å²) in [5.41, 5.74) is 1.23. The smallest absolute Gasteiger partial charge is 0.244 e. The normalized spacial score (nSPS) is 11.8. The maximum Gasteiger partial charge on any atom is 0.244 e. The number of anilines is 1. The van der Waals surface area contributed by atoms with E-state index < -0.39 is 10.0 Å². The van der Waals surface area contributed by atoms with E-state index in [0.29, 0.717) is 22.7 Å². The molecule has 28 heavy (non-hydrogen) atoms. The van der Waals surface area contributed by atoms with Crippen LogP contribution in [-0.4, -0.2) is 59.2 Å². The van der Waals surface area contributed by atoms with E-state index in [-0.39, 0.29) is 17.3 Å². The lowest BCUT2D eigenvalue weighted by atomic mass is 10.3. The molecule has 0 atom stereocenters. The molecule has 0 unspecified atom stereocenters. The van der Waals surface area contributed by atoms with Gasteiger partial charge in [0, 0.05) is 19.8 Å². The maximum absolute atomic E-state index is 12.4. The van der Waals surface area contributed by atoms with Crippen LogP contribution in [0.5, 0.6) is 0 Å². The van der Waals surface area contributed by atoms with E-state index in [0.717, 1.165) is 0 Å². The first kappa shape index (κ1) is 19.4. The molecule has 1 aromatic carbocycles. The Hall–Kier alpha value is -3.38. The molecule has 0 aliphatic carbocycles. The summed E-state index contributed by atoms with van der Waals surface area (Å²) in [4.78, 5) is 30.8. The first-order chi connectivity index (χ1) is 13.2. The highest BCUT2D eigenvalue weighted by atomic mass is 32.2. The highest BCUT2D eigenvalue weighted by molar-refractivity contribution is 7.89. The first-order valence-electron chi connectivity index (χ1n) is 8.03. The molecule has 0 saturated carbocycles. The van der Waals surface area contributed by atoms with Crippen molar-refractivity contribution < 1.29 is 13.2 Å². The Balaban J connectivity index is 1.80. The number of nitrogens with one attached hydrogen (secondary N) is 1. The number of amides is 1. The van der Waals surface area contributed by atoms with Gasteiger partial charge in [0.15, 0.2) is 17.0 Å². The second-order valence-electron chi connectivity index (χ2n) is 6.07. The molecule has 11 nitrogen and oxygen atoms in total. The van der Waals surface area contributed by atoms with Crippen molar-refractivity contribution in [3.8, 4) is 0 Å². The van der Waals surface area contributed by atoms with Gasteiger partial charge >= 0.3 is 0 Å². The number of hydrogen-bond acceptors (Lipinski definition) is 7. The van der Waals surface area contributed by atoms with Crippen LogP contribution in [0, 0.1) is 0 Å². The van der Waals surface area contributed by atoms with Crippen LogP contribution in [0.4, 0.5) is 11.5 Å². The number of fused-ring (bicyclic) bond motifs is 1. The van der Waals surface area contributed by atoms with Gasteiger partial charge in [0.05, 0.1) is 17.6 Å². The Morgan fingerprint density at radius 3 is 2.82 bits per heavy atom. The molecule has 0 radical (unpaired) electrons. The highest BCUT2D eigenvalue weighted by Gasteiger charge is 2.13. The molecule has 0 aliphatic heterocycles. The number of carbonyl (C=O) groups excluding carboxylic acids is 1. The van der Waals surface area contributed by atoms with Crippen molar-refractivity contribution in [2.24, 2.45) is 10.1 Å². The van der Waals surface area contributed by atoms with Gasteiger partial charge in [0.1, 0.15) is 12.9 Å². The van der Waals surface area contributed by atoms with Gasteiger partial charge in [0.2, 0.25) is 15.9 Å². The molecule has 0 saturated heterocycles. The van der Waals surface area contributed by atoms with Gasteiger partial charge in [-0.25, -0.2) is 33.5 Å². The Morgan fingerprint density at radius 1 is 1.32 bits per heavy atom. The number of nitrogens with two attached hydrogens (primary N) is 1. The van der Waals surface area contributed by atoms with Gasteiger partial charge in [-0.2, -0.15) is 0 Å². The molecular formula is C16H18N8O3S. The molecule has 2 heterocycles. The minimum absolute atomic E-state index is 0.0794. The summed E-state index contributed by atoms with van der Waals surface area (Å²) >= 11 is 0. The van der Waals surface area contributed by atoms with Crippen LogP contribution >= 0.6 is 0 Å². The number of rotatable bonds is 6. The van der Waals surface area contributed by atoms with Gasteiger partial charge in [-0.3, -0.25) is 4.79 Å². The molecule has 12 heteroatoms. The predicted octanol–water partition coefficient (Wildman–Crippen LogP) is 0.334. The molecule has 3 aromatic rings. The second kappa shape index (κ2) is 7.70. The molecule has 3 N–H and O–H groups in total. The molecule has 1 amide bonds. The second-order valence-corrected chi connectivity index (χ2v) is 7.63. The maximum atomic E-state index is 12.4. The van der Waals surface area contributed by atoms with Crippen LogP contribution in [-0.2, 0) is 21.4 Å². The summed E-state index contributed by atoms with van der Waals surface area (Å²) in [6, 6.07) is 5.69. The van der Waals surface area contributed by atoms with Gasteiger partial charge in [-0.15, -0.1) is 0 Å². The van der Waals surface area contributed by atoms with Crippen LogP contribution < -0.4 is 10.5 Å². The fourth-order valence-corrected chi connectivity index (χ4v) is 2.91. The molecule has 146 valence electrons. The lowest BCUT2D eigenvalue weighted by Gasteiger charge is -2.08. The Morgan fingerprint density at radius 2 is 2.11 bits per heavy atom. The van der Waals surface area contributed by atoms with E-state index in [1.807, 2.05) is 14.1 Å². The topological polar surface area (TPSA) is 148 Å². The first-order valence-corrected chi connectivity index (χ1v) is 9.58. The third-order valence-electron chi connectivity index (χ3n) is 3.55. The SMILES string of the molecule is CN(C)C=Nc1ncnc2c1ncn2CC(=O)Nc1cccc(S(N)(=O)=O)c1. The fraction of sp³-hybridized carbons (Fsp3) is 0.188. The van der Waals surface area contributed by atoms with Crippen molar-refractivity contribution in [3.63, 3.8) is 0 Å². The molecule has 0 aliphatic rings. The number of hydrogen-bond donors (Lipinski definition) is 2. The van der Waals surface area contributed by atoms with Crippen LogP contribution in [0.25, 0.3) is 11.2 Å². The number of aliphatic imine (C=N–C) groups is 1. The minimum Gasteiger partial charge on any atom is -0.369 e. The highest BCUT2D eigenvalue weighted by Crippen LogP contribution is 2.20. The van der Waals surface area contributed by atoms with Crippen LogP contribution in [0.3, 0.4) is 0 Å². The summed E-state index contributed by atoms with van der Waals surface area (Å²) in [5.74, 6) is 0.00142. The van der Waals surface area contributed by atoms with Crippen molar-refractivity contribution in [2.45, 2.75) is 11.4 Å². The van der Waals surface area contributed by atoms with Crippen LogP contribution in [0.1, 0.15) is 0 Å². The summed E-state index contributed by atoms with van der Waals surface area (Å²) in [7, 11) is -0.198. The number of aromatic nitrogens is 4. The van der Waals surface area contributed by atoms with E-state index in [2.05, 4.69) is 25.3 Å². The van der Waals surface area contributed by atoms with E-state index >= 15 is 0 Å². The van der Waals surface area contributed by atoms with Crippen molar-refractivity contribution in [1.82, 2.24) is 24.4 Å². The molecule has 2 aromatic heterocycles. The number of primary sulfonamides is 1. The van der Waals surface area contributed by atoms with Gasteiger partial charge in [-0.1, -0.05) is 6.07 Å². The average molecular weight is 402 g/mol. The van der Waals surface area contributed by atoms with E-state index in [9.17, 15) is 13.2 Å². The van der Waals surface area contributed by atoms with Crippen molar-refractivity contribution in [2.75, 3.05) is 19.4 Å². The largest absolute Gasteiger partial charge is 0.369 e. The zero-order chi connectivity index (χ0) is 20.3. The van der Waals surface area contributed by atoms with E-state index in [1.54, 1.807) is 21.9 Å². The number of benzene rings is 1. The summed E-state index contributed by atoms with van der Waals surface area (Å²) in [5, 5.41) is 7.73.